The number of nitrogens with one attached hydrogen (secondary N) is 1. The van der Waals surface area contributed by atoms with E-state index in [1.54, 1.807) is 31.4 Å². The normalized spacial score (nSPS) is 12.3. The van der Waals surface area contributed by atoms with Crippen LogP contribution in [-0.4, -0.2) is 28.6 Å². The highest BCUT2D eigenvalue weighted by Gasteiger charge is 2.16. The Morgan fingerprint density at radius 1 is 1.32 bits per heavy atom. The molecule has 2 N–H and O–H groups in total. The van der Waals surface area contributed by atoms with Gasteiger partial charge in [-0.25, -0.2) is 4.98 Å². The van der Waals surface area contributed by atoms with E-state index in [4.69, 9.17) is 9.52 Å². The van der Waals surface area contributed by atoms with Gasteiger partial charge in [-0.3, -0.25) is 4.79 Å². The van der Waals surface area contributed by atoms with E-state index in [1.165, 1.54) is 0 Å². The Labute approximate surface area is 127 Å². The van der Waals surface area contributed by atoms with Crippen LogP contribution in [-0.2, 0) is 0 Å². The molecule has 0 saturated carbocycles. The Hall–Kier alpha value is -2.66. The maximum absolute atomic E-state index is 12.5. The molecule has 2 aromatic heterocycles. The molecule has 22 heavy (non-hydrogen) atoms. The number of rotatable bonds is 4. The molecular weight excluding hydrogens is 280 g/mol. The highest BCUT2D eigenvalue weighted by molar-refractivity contribution is 6.07. The fourth-order valence-electron chi connectivity index (χ4n) is 2.26. The summed E-state index contributed by atoms with van der Waals surface area (Å²) in [6, 6.07) is 12.4. The summed E-state index contributed by atoms with van der Waals surface area (Å²) in [4.78, 5) is 17.0. The number of benzene rings is 1. The van der Waals surface area contributed by atoms with E-state index in [0.717, 1.165) is 10.9 Å². The van der Waals surface area contributed by atoms with Gasteiger partial charge < -0.3 is 14.8 Å². The predicted molar refractivity (Wildman–Crippen MR) is 83.5 cm³/mol. The zero-order valence-electron chi connectivity index (χ0n) is 12.1. The van der Waals surface area contributed by atoms with Crippen LogP contribution in [0.3, 0.4) is 0 Å². The molecule has 2 heterocycles. The van der Waals surface area contributed by atoms with Crippen LogP contribution in [0.5, 0.6) is 0 Å². The number of aliphatic hydroxyl groups is 1. The number of nitrogens with zero attached hydrogens (tertiary/aromatic N) is 1. The third-order valence-corrected chi connectivity index (χ3v) is 3.39. The summed E-state index contributed by atoms with van der Waals surface area (Å²) < 4.78 is 5.37. The van der Waals surface area contributed by atoms with E-state index in [1.807, 2.05) is 24.3 Å². The zero-order chi connectivity index (χ0) is 15.5. The second-order valence-electron chi connectivity index (χ2n) is 5.11. The number of fused-ring (bicyclic) bond motifs is 1. The van der Waals surface area contributed by atoms with Crippen LogP contribution in [0.25, 0.3) is 22.4 Å². The van der Waals surface area contributed by atoms with Crippen LogP contribution in [0, 0.1) is 0 Å². The number of aromatic nitrogens is 1. The number of para-hydroxylation sites is 1. The minimum Gasteiger partial charge on any atom is -0.463 e. The van der Waals surface area contributed by atoms with Crippen LogP contribution in [0.2, 0.25) is 0 Å². The van der Waals surface area contributed by atoms with Crippen molar-refractivity contribution in [1.82, 2.24) is 10.3 Å². The van der Waals surface area contributed by atoms with Gasteiger partial charge in [0.15, 0.2) is 5.76 Å². The molecule has 0 aliphatic heterocycles. The summed E-state index contributed by atoms with van der Waals surface area (Å²) in [5.74, 6) is 0.364. The first-order valence-corrected chi connectivity index (χ1v) is 7.04. The fraction of sp³-hybridized carbons (Fsp3) is 0.176. The average Bonchev–Trinajstić information content (AvgIpc) is 3.08. The van der Waals surface area contributed by atoms with Gasteiger partial charge in [0, 0.05) is 11.4 Å². The van der Waals surface area contributed by atoms with Gasteiger partial charge in [0.25, 0.3) is 5.91 Å². The van der Waals surface area contributed by atoms with E-state index in [-0.39, 0.29) is 18.6 Å². The van der Waals surface area contributed by atoms with Crippen molar-refractivity contribution < 1.29 is 14.3 Å². The topological polar surface area (TPSA) is 75.4 Å². The molecule has 0 spiro atoms. The molecule has 0 saturated heterocycles. The van der Waals surface area contributed by atoms with Crippen molar-refractivity contribution in [3.8, 4) is 11.5 Å². The van der Waals surface area contributed by atoms with Gasteiger partial charge in [-0.2, -0.15) is 0 Å². The maximum Gasteiger partial charge on any atom is 0.252 e. The van der Waals surface area contributed by atoms with Crippen molar-refractivity contribution in [1.29, 1.82) is 0 Å². The van der Waals surface area contributed by atoms with Crippen LogP contribution in [0.15, 0.2) is 53.1 Å². The lowest BCUT2D eigenvalue weighted by molar-refractivity contribution is 0.0924. The molecule has 5 nitrogen and oxygen atoms in total. The molecule has 0 aliphatic rings. The van der Waals surface area contributed by atoms with Crippen molar-refractivity contribution in [3.05, 3.63) is 54.3 Å². The Balaban J connectivity index is 2.12. The molecule has 1 amide bonds. The smallest absolute Gasteiger partial charge is 0.252 e. The first kappa shape index (κ1) is 14.3. The Morgan fingerprint density at radius 2 is 2.14 bits per heavy atom. The number of carbonyl (C=O) groups is 1. The van der Waals surface area contributed by atoms with Gasteiger partial charge in [-0.05, 0) is 31.2 Å². The summed E-state index contributed by atoms with van der Waals surface area (Å²) in [6.07, 6.45) is 1.57. The van der Waals surface area contributed by atoms with Gasteiger partial charge in [-0.1, -0.05) is 18.2 Å². The van der Waals surface area contributed by atoms with Crippen LogP contribution >= 0.6 is 0 Å². The molecule has 0 radical (unpaired) electrons. The van der Waals surface area contributed by atoms with E-state index < -0.39 is 0 Å². The number of carbonyl (C=O) groups excluding carboxylic acids is 1. The SMILES string of the molecule is CC(CO)NC(=O)c1cc(-c2ccco2)nc2ccccc12. The van der Waals surface area contributed by atoms with Crippen molar-refractivity contribution in [2.24, 2.45) is 0 Å². The third kappa shape index (κ3) is 2.71. The summed E-state index contributed by atoms with van der Waals surface area (Å²) in [5.41, 5.74) is 1.83. The standard InChI is InChI=1S/C17H16N2O3/c1-11(10-20)18-17(21)13-9-15(16-7-4-8-22-16)19-14-6-3-2-5-12(13)14/h2-9,11,20H,10H2,1H3,(H,18,21). The summed E-state index contributed by atoms with van der Waals surface area (Å²) in [5, 5.41) is 12.6. The van der Waals surface area contributed by atoms with Gasteiger partial charge in [0.05, 0.1) is 24.0 Å². The monoisotopic (exact) mass is 296 g/mol. The second kappa shape index (κ2) is 5.99. The van der Waals surface area contributed by atoms with Gasteiger partial charge in [0.1, 0.15) is 5.69 Å². The van der Waals surface area contributed by atoms with E-state index >= 15 is 0 Å². The number of hydrogen-bond acceptors (Lipinski definition) is 4. The van der Waals surface area contributed by atoms with E-state index in [2.05, 4.69) is 10.3 Å². The molecule has 112 valence electrons. The van der Waals surface area contributed by atoms with Crippen molar-refractivity contribution in [3.63, 3.8) is 0 Å². The molecule has 3 aromatic rings. The summed E-state index contributed by atoms with van der Waals surface area (Å²) >= 11 is 0. The van der Waals surface area contributed by atoms with Crippen LogP contribution in [0.1, 0.15) is 17.3 Å². The lowest BCUT2D eigenvalue weighted by Gasteiger charge is -2.13. The third-order valence-electron chi connectivity index (χ3n) is 3.39. The van der Waals surface area contributed by atoms with Crippen LogP contribution in [0.4, 0.5) is 0 Å². The van der Waals surface area contributed by atoms with Gasteiger partial charge >= 0.3 is 0 Å². The van der Waals surface area contributed by atoms with E-state index in [0.29, 0.717) is 17.0 Å². The largest absolute Gasteiger partial charge is 0.463 e. The molecule has 3 rings (SSSR count). The number of pyridine rings is 1. The fourth-order valence-corrected chi connectivity index (χ4v) is 2.26. The summed E-state index contributed by atoms with van der Waals surface area (Å²) in [7, 11) is 0. The molecular formula is C17H16N2O3. The van der Waals surface area contributed by atoms with E-state index in [9.17, 15) is 4.79 Å². The van der Waals surface area contributed by atoms with Crippen LogP contribution < -0.4 is 5.32 Å². The highest BCUT2D eigenvalue weighted by Crippen LogP contribution is 2.25. The first-order valence-electron chi connectivity index (χ1n) is 7.04. The zero-order valence-corrected chi connectivity index (χ0v) is 12.1. The Morgan fingerprint density at radius 3 is 2.86 bits per heavy atom. The number of amides is 1. The lowest BCUT2D eigenvalue weighted by Crippen LogP contribution is -2.35. The molecule has 0 aliphatic carbocycles. The minimum absolute atomic E-state index is 0.111. The molecule has 1 aromatic carbocycles. The Bertz CT molecular complexity index is 797. The van der Waals surface area contributed by atoms with Gasteiger partial charge in [-0.15, -0.1) is 0 Å². The molecule has 1 atom stereocenters. The van der Waals surface area contributed by atoms with Gasteiger partial charge in [0.2, 0.25) is 0 Å². The van der Waals surface area contributed by atoms with Crippen molar-refractivity contribution >= 4 is 16.8 Å². The average molecular weight is 296 g/mol. The second-order valence-corrected chi connectivity index (χ2v) is 5.11. The Kier molecular flexibility index (Phi) is 3.89. The van der Waals surface area contributed by atoms with Crippen molar-refractivity contribution in [2.75, 3.05) is 6.61 Å². The minimum atomic E-state index is -0.313. The molecule has 0 bridgehead atoms. The highest BCUT2D eigenvalue weighted by atomic mass is 16.3. The number of aliphatic hydroxyl groups excluding tert-OH is 1. The number of furan rings is 1. The number of hydrogen-bond donors (Lipinski definition) is 2. The molecule has 1 unspecified atom stereocenters. The van der Waals surface area contributed by atoms with Crippen molar-refractivity contribution in [2.45, 2.75) is 13.0 Å². The predicted octanol–water partition coefficient (Wildman–Crippen LogP) is 2.61. The molecule has 0 fully saturated rings. The maximum atomic E-state index is 12.5. The first-order chi connectivity index (χ1) is 10.7. The molecule has 5 heteroatoms. The summed E-state index contributed by atoms with van der Waals surface area (Å²) in [6.45, 7) is 1.63. The lowest BCUT2D eigenvalue weighted by atomic mass is 10.1. The quantitative estimate of drug-likeness (QED) is 0.776.